The van der Waals surface area contributed by atoms with Crippen molar-refractivity contribution in [3.8, 4) is 5.75 Å². The Morgan fingerprint density at radius 2 is 1.53 bits per heavy atom. The van der Waals surface area contributed by atoms with E-state index < -0.39 is 108 Å². The van der Waals surface area contributed by atoms with E-state index in [0.717, 1.165) is 22.6 Å². The number of nitrogens with zero attached hydrogens (tertiary/aromatic N) is 2. The highest BCUT2D eigenvalue weighted by Gasteiger charge is 2.45. The second kappa shape index (κ2) is 25.3. The number of likely N-dealkylation sites (N-methyl/N-ethyl adjacent to an activating group) is 1. The average Bonchev–Trinajstić information content (AvgIpc) is 3.29. The predicted octanol–water partition coefficient (Wildman–Crippen LogP) is 0.720. The number of aliphatic hydroxyl groups is 1. The average molecular weight is 947 g/mol. The number of hydrogen-bond donors (Lipinski definition) is 8. The van der Waals surface area contributed by atoms with Gasteiger partial charge in [0, 0.05) is 32.7 Å². The lowest BCUT2D eigenvalue weighted by Crippen LogP contribution is -2.64. The van der Waals surface area contributed by atoms with Gasteiger partial charge in [0.25, 0.3) is 11.8 Å². The van der Waals surface area contributed by atoms with Gasteiger partial charge < -0.3 is 57.1 Å². The van der Waals surface area contributed by atoms with E-state index in [2.05, 4.69) is 26.6 Å². The fourth-order valence-electron chi connectivity index (χ4n) is 7.98. The molecule has 0 aliphatic carbocycles. The van der Waals surface area contributed by atoms with Crippen molar-refractivity contribution < 1.29 is 58.1 Å². The second-order valence-electron chi connectivity index (χ2n) is 17.5. The summed E-state index contributed by atoms with van der Waals surface area (Å²) in [4.78, 5) is 127. The molecule has 2 heterocycles. The lowest BCUT2D eigenvalue weighted by Gasteiger charge is -2.43. The topological polar surface area (TPSA) is 296 Å². The molecule has 8 atom stereocenters. The number of carbonyl (C=O) groups excluding carboxylic acids is 9. The zero-order valence-corrected chi connectivity index (χ0v) is 39.5. The van der Waals surface area contributed by atoms with Crippen LogP contribution in [0.3, 0.4) is 0 Å². The van der Waals surface area contributed by atoms with Gasteiger partial charge in [0.1, 0.15) is 60.0 Å². The van der Waals surface area contributed by atoms with Crippen molar-refractivity contribution in [3.63, 3.8) is 0 Å². The molecule has 2 fully saturated rings. The molecule has 2 aromatic carbocycles. The molecule has 2 aliphatic rings. The van der Waals surface area contributed by atoms with Crippen molar-refractivity contribution >= 4 is 53.2 Å². The van der Waals surface area contributed by atoms with Crippen LogP contribution in [0.2, 0.25) is 0 Å². The van der Waals surface area contributed by atoms with E-state index in [9.17, 15) is 53.4 Å². The number of aromatic hydroxyl groups is 1. The van der Waals surface area contributed by atoms with Gasteiger partial charge in [-0.1, -0.05) is 82.2 Å². The summed E-state index contributed by atoms with van der Waals surface area (Å²) in [5.74, 6) is -8.40. The Hall–Kier alpha value is -6.83. The van der Waals surface area contributed by atoms with Gasteiger partial charge in [0.15, 0.2) is 0 Å². The van der Waals surface area contributed by atoms with Gasteiger partial charge in [0.05, 0.1) is 0 Å². The number of aliphatic hydroxyl groups excluding tert-OH is 1. The molecule has 0 aromatic heterocycles. The highest BCUT2D eigenvalue weighted by Crippen LogP contribution is 2.25. The van der Waals surface area contributed by atoms with Gasteiger partial charge in [-0.05, 0) is 68.7 Å². The summed E-state index contributed by atoms with van der Waals surface area (Å²) >= 11 is 0. The second-order valence-corrected chi connectivity index (χ2v) is 17.5. The molecule has 0 spiro atoms. The minimum atomic E-state index is -1.78. The molecule has 0 radical (unpaired) electrons. The Morgan fingerprint density at radius 3 is 2.15 bits per heavy atom. The Balaban J connectivity index is 1.83. The van der Waals surface area contributed by atoms with Crippen LogP contribution >= 0.6 is 0 Å². The van der Waals surface area contributed by atoms with Crippen LogP contribution in [0.1, 0.15) is 97.1 Å². The number of fused-ring (bicyclic) bond motifs is 2. The fourth-order valence-corrected chi connectivity index (χ4v) is 7.98. The number of rotatable bonds is 15. The molecule has 2 saturated heterocycles. The van der Waals surface area contributed by atoms with Crippen LogP contribution in [0.4, 0.5) is 0 Å². The molecule has 9 N–H and O–H groups in total. The van der Waals surface area contributed by atoms with Crippen LogP contribution in [0.25, 0.3) is 0 Å². The Morgan fingerprint density at radius 1 is 0.882 bits per heavy atom. The minimum Gasteiger partial charge on any atom is -0.508 e. The summed E-state index contributed by atoms with van der Waals surface area (Å²) in [6, 6.07) is 5.88. The molecular weight excluding hydrogens is 881 g/mol. The normalized spacial score (nSPS) is 24.4. The molecule has 2 bridgehead atoms. The minimum absolute atomic E-state index is 0.0555. The van der Waals surface area contributed by atoms with Crippen molar-refractivity contribution in [2.24, 2.45) is 11.7 Å². The molecule has 68 heavy (non-hydrogen) atoms. The number of piperidine rings is 1. The number of hydrogen-bond acceptors (Lipinski definition) is 12. The first kappa shape index (κ1) is 53.8. The number of benzene rings is 2. The quantitative estimate of drug-likeness (QED) is 0.0697. The lowest BCUT2D eigenvalue weighted by atomic mass is 9.95. The molecule has 1 unspecified atom stereocenters. The summed E-state index contributed by atoms with van der Waals surface area (Å²) in [6.07, 6.45) is -0.620. The highest BCUT2D eigenvalue weighted by atomic mass is 16.5. The Kier molecular flexibility index (Phi) is 20.0. The summed E-state index contributed by atoms with van der Waals surface area (Å²) in [6.45, 7) is 7.88. The van der Waals surface area contributed by atoms with Crippen molar-refractivity contribution in [2.45, 2.75) is 147 Å². The summed E-state index contributed by atoms with van der Waals surface area (Å²) in [7, 11) is 1.35. The first-order chi connectivity index (χ1) is 32.2. The van der Waals surface area contributed by atoms with E-state index in [4.69, 9.17) is 10.5 Å². The number of allylic oxidation sites excluding steroid dienone is 1. The predicted molar refractivity (Wildman–Crippen MR) is 247 cm³/mol. The van der Waals surface area contributed by atoms with E-state index in [0.29, 0.717) is 17.5 Å². The third-order valence-corrected chi connectivity index (χ3v) is 12.0. The maximum absolute atomic E-state index is 15.0. The van der Waals surface area contributed by atoms with Crippen LogP contribution < -0.4 is 32.3 Å². The fraction of sp³-hybridized carbons (Fsp3) is 0.521. The first-order valence-corrected chi connectivity index (χ1v) is 23.0. The van der Waals surface area contributed by atoms with Crippen molar-refractivity contribution in [1.82, 2.24) is 36.4 Å². The molecule has 2 aromatic rings. The molecular formula is C48H66N8O12. The van der Waals surface area contributed by atoms with Gasteiger partial charge in [-0.25, -0.2) is 4.79 Å². The zero-order chi connectivity index (χ0) is 50.2. The Labute approximate surface area is 396 Å². The lowest BCUT2D eigenvalue weighted by molar-refractivity contribution is -0.165. The summed E-state index contributed by atoms with van der Waals surface area (Å²) in [5, 5.41) is 34.3. The highest BCUT2D eigenvalue weighted by molar-refractivity contribution is 6.02. The number of unbranched alkanes of at least 4 members (excludes halogenated alkanes) is 2. The van der Waals surface area contributed by atoms with Gasteiger partial charge >= 0.3 is 5.97 Å². The number of esters is 1. The van der Waals surface area contributed by atoms with Gasteiger partial charge in [-0.15, -0.1) is 0 Å². The third-order valence-electron chi connectivity index (χ3n) is 12.0. The molecule has 8 amide bonds. The van der Waals surface area contributed by atoms with Crippen molar-refractivity contribution in [2.75, 3.05) is 7.05 Å². The van der Waals surface area contributed by atoms with E-state index in [1.807, 2.05) is 6.92 Å². The number of cyclic esters (lactones) is 1. The maximum Gasteiger partial charge on any atom is 0.329 e. The van der Waals surface area contributed by atoms with Crippen molar-refractivity contribution in [3.05, 3.63) is 77.5 Å². The van der Waals surface area contributed by atoms with E-state index in [-0.39, 0.29) is 56.4 Å². The number of nitrogens with one attached hydrogen (secondary N) is 5. The van der Waals surface area contributed by atoms with Gasteiger partial charge in [-0.2, -0.15) is 0 Å². The SMILES string of the molecule is C/C=C1/NC(=O)[C@@H](NC(=O)[C@H](CCC(N)=O)NC(=O)CCCCC)[C@@H](C)OC(=O)C(C(C)C)NC(=O)[C@H](Cc2ccc(O)cc2)N(C)C(=O)[C@H](Cc2ccccc2)N2C(=O)[C@H](CC[C@H]2O)NC1=O. The molecule has 20 heteroatoms. The molecule has 2 aliphatic heterocycles. The summed E-state index contributed by atoms with van der Waals surface area (Å²) in [5.41, 5.74) is 6.11. The number of nitrogens with two attached hydrogens (primary N) is 1. The zero-order valence-electron chi connectivity index (χ0n) is 39.5. The molecule has 370 valence electrons. The van der Waals surface area contributed by atoms with Crippen LogP contribution in [0, 0.1) is 5.92 Å². The smallest absolute Gasteiger partial charge is 0.329 e. The van der Waals surface area contributed by atoms with Crippen LogP contribution in [0.15, 0.2) is 66.4 Å². The number of primary amides is 1. The van der Waals surface area contributed by atoms with Crippen LogP contribution in [-0.2, 0) is 60.7 Å². The van der Waals surface area contributed by atoms with Gasteiger partial charge in [-0.3, -0.25) is 38.4 Å². The van der Waals surface area contributed by atoms with Crippen LogP contribution in [0.5, 0.6) is 5.75 Å². The van der Waals surface area contributed by atoms with Crippen LogP contribution in [-0.4, -0.2) is 129 Å². The van der Waals surface area contributed by atoms with E-state index in [1.54, 1.807) is 56.3 Å². The van der Waals surface area contributed by atoms with Gasteiger partial charge in [0.2, 0.25) is 35.4 Å². The number of phenols is 1. The maximum atomic E-state index is 15.0. The summed E-state index contributed by atoms with van der Waals surface area (Å²) < 4.78 is 5.82. The number of carbonyl (C=O) groups is 9. The molecule has 20 nitrogen and oxygen atoms in total. The largest absolute Gasteiger partial charge is 0.508 e. The van der Waals surface area contributed by atoms with E-state index >= 15 is 0 Å². The standard InChI is InChI=1S/C48H66N8O12/c1-7-9-11-16-38(59)50-33(21-23-37(49)58)43(62)54-41-28(5)68-48(67)40(27(3)4)53-44(63)35(25-30-17-19-31(57)20-18-30)55(6)47(66)36(26-29-14-12-10-13-15-29)56-39(60)24-22-34(46(56)65)52-42(61)32(8-2)51-45(41)64/h8,10,12-15,17-20,27-28,33-36,39-41,57,60H,7,9,11,16,21-26H2,1-6H3,(H2,49,58)(H,50,59)(H,51,64)(H,52,61)(H,53,63)(H,54,62)/b32-8+/t28-,33+,34+,35+,36+,39-,40?,41+/m1/s1. The number of ether oxygens (including phenoxy) is 1. The molecule has 0 saturated carbocycles. The first-order valence-electron chi connectivity index (χ1n) is 23.0. The number of amides is 8. The van der Waals surface area contributed by atoms with Crippen molar-refractivity contribution in [1.29, 1.82) is 0 Å². The third kappa shape index (κ3) is 14.8. The monoisotopic (exact) mass is 946 g/mol. The Bertz CT molecular complexity index is 2170. The van der Waals surface area contributed by atoms with E-state index in [1.165, 1.54) is 39.1 Å². The molecule has 4 rings (SSSR count). The number of phenolic OH excluding ortho intramolecular Hbond substituents is 1.